The molecule has 16 heavy (non-hydrogen) atoms. The number of hydrogen-bond donors (Lipinski definition) is 1. The van der Waals surface area contributed by atoms with Gasteiger partial charge in [0.1, 0.15) is 5.69 Å². The van der Waals surface area contributed by atoms with E-state index in [2.05, 4.69) is 10.1 Å². The van der Waals surface area contributed by atoms with Gasteiger partial charge in [0.15, 0.2) is 5.15 Å². The highest BCUT2D eigenvalue weighted by atomic mass is 35.5. The van der Waals surface area contributed by atoms with Crippen LogP contribution in [0.25, 0.3) is 5.69 Å². The smallest absolute Gasteiger partial charge is 0.209 e. The van der Waals surface area contributed by atoms with E-state index in [1.54, 1.807) is 4.57 Å². The summed E-state index contributed by atoms with van der Waals surface area (Å²) in [5.74, 6) is 0. The van der Waals surface area contributed by atoms with Gasteiger partial charge in [-0.15, -0.1) is 0 Å². The normalized spacial score (nSPS) is 11.1. The van der Waals surface area contributed by atoms with Crippen molar-refractivity contribution in [2.75, 3.05) is 0 Å². The van der Waals surface area contributed by atoms with Gasteiger partial charge in [0.05, 0.1) is 6.21 Å². The van der Waals surface area contributed by atoms with Gasteiger partial charge in [0, 0.05) is 5.69 Å². The Morgan fingerprint density at radius 3 is 2.56 bits per heavy atom. The van der Waals surface area contributed by atoms with Gasteiger partial charge in [-0.3, -0.25) is 4.57 Å². The Labute approximate surface area is 102 Å². The van der Waals surface area contributed by atoms with Crippen molar-refractivity contribution in [1.29, 1.82) is 0 Å². The molecule has 0 saturated carbocycles. The molecule has 0 bridgehead atoms. The zero-order valence-electron chi connectivity index (χ0n) is 8.01. The van der Waals surface area contributed by atoms with E-state index in [-0.39, 0.29) is 10.4 Å². The van der Waals surface area contributed by atoms with Crippen molar-refractivity contribution in [3.63, 3.8) is 0 Å². The number of oxime groups is 1. The highest BCUT2D eigenvalue weighted by molar-refractivity contribution is 6.34. The number of halogens is 2. The molecule has 1 aromatic carbocycles. The van der Waals surface area contributed by atoms with Crippen molar-refractivity contribution in [2.24, 2.45) is 5.16 Å². The lowest BCUT2D eigenvalue weighted by Gasteiger charge is -2.05. The second-order valence-corrected chi connectivity index (χ2v) is 3.67. The summed E-state index contributed by atoms with van der Waals surface area (Å²) in [6.45, 7) is 0. The maximum absolute atomic E-state index is 8.55. The van der Waals surface area contributed by atoms with Crippen LogP contribution in [0.15, 0.2) is 35.5 Å². The number of aromatic nitrogens is 2. The summed E-state index contributed by atoms with van der Waals surface area (Å²) in [6, 6.07) is 9.30. The Morgan fingerprint density at radius 2 is 1.94 bits per heavy atom. The third-order valence-electron chi connectivity index (χ3n) is 2.02. The number of nitrogens with zero attached hydrogens (tertiary/aromatic N) is 3. The fourth-order valence-corrected chi connectivity index (χ4v) is 1.90. The molecule has 0 aliphatic rings. The van der Waals surface area contributed by atoms with E-state index in [9.17, 15) is 0 Å². The first-order valence-corrected chi connectivity index (χ1v) is 5.16. The van der Waals surface area contributed by atoms with Gasteiger partial charge in [0.2, 0.25) is 5.28 Å². The number of imidazole rings is 1. The molecular formula is C10H7Cl2N3O. The zero-order chi connectivity index (χ0) is 11.5. The molecule has 0 radical (unpaired) electrons. The molecular weight excluding hydrogens is 249 g/mol. The molecule has 1 heterocycles. The topological polar surface area (TPSA) is 50.4 Å². The van der Waals surface area contributed by atoms with Crippen molar-refractivity contribution in [1.82, 2.24) is 9.55 Å². The lowest BCUT2D eigenvalue weighted by molar-refractivity contribution is 0.321. The van der Waals surface area contributed by atoms with E-state index in [0.717, 1.165) is 5.69 Å². The Morgan fingerprint density at radius 1 is 1.25 bits per heavy atom. The number of rotatable bonds is 2. The highest BCUT2D eigenvalue weighted by Gasteiger charge is 2.14. The maximum Gasteiger partial charge on any atom is 0.209 e. The Kier molecular flexibility index (Phi) is 3.12. The van der Waals surface area contributed by atoms with Crippen LogP contribution in [0.2, 0.25) is 10.4 Å². The zero-order valence-corrected chi connectivity index (χ0v) is 9.52. The Bertz CT molecular complexity index is 522. The quantitative estimate of drug-likeness (QED) is 0.510. The summed E-state index contributed by atoms with van der Waals surface area (Å²) in [7, 11) is 0. The van der Waals surface area contributed by atoms with Gasteiger partial charge in [-0.05, 0) is 23.7 Å². The molecule has 0 aliphatic heterocycles. The van der Waals surface area contributed by atoms with Crippen LogP contribution in [-0.4, -0.2) is 21.0 Å². The van der Waals surface area contributed by atoms with Crippen molar-refractivity contribution >= 4 is 29.4 Å². The summed E-state index contributed by atoms with van der Waals surface area (Å²) in [4.78, 5) is 3.90. The average molecular weight is 256 g/mol. The molecule has 6 heteroatoms. The SMILES string of the molecule is O/N=C/c1c(Cl)nc(Cl)n1-c1ccccc1. The molecule has 0 spiro atoms. The molecule has 1 N–H and O–H groups in total. The molecule has 0 atom stereocenters. The summed E-state index contributed by atoms with van der Waals surface area (Å²) < 4.78 is 1.59. The van der Waals surface area contributed by atoms with E-state index in [1.165, 1.54) is 6.21 Å². The van der Waals surface area contributed by atoms with E-state index in [0.29, 0.717) is 5.69 Å². The molecule has 0 saturated heterocycles. The first-order valence-electron chi connectivity index (χ1n) is 4.40. The summed E-state index contributed by atoms with van der Waals surface area (Å²) in [5.41, 5.74) is 1.22. The molecule has 0 unspecified atom stereocenters. The van der Waals surface area contributed by atoms with Gasteiger partial charge in [0.25, 0.3) is 0 Å². The second kappa shape index (κ2) is 4.55. The van der Waals surface area contributed by atoms with Crippen LogP contribution in [-0.2, 0) is 0 Å². The van der Waals surface area contributed by atoms with Crippen LogP contribution < -0.4 is 0 Å². The molecule has 0 amide bonds. The highest BCUT2D eigenvalue weighted by Crippen LogP contribution is 2.23. The largest absolute Gasteiger partial charge is 0.411 e. The minimum atomic E-state index is 0.187. The van der Waals surface area contributed by atoms with Crippen molar-refractivity contribution in [2.45, 2.75) is 0 Å². The number of benzene rings is 1. The van der Waals surface area contributed by atoms with Crippen LogP contribution in [0, 0.1) is 0 Å². The first-order chi connectivity index (χ1) is 7.74. The van der Waals surface area contributed by atoms with Crippen LogP contribution >= 0.6 is 23.2 Å². The Hall–Kier alpha value is -1.52. The average Bonchev–Trinajstić information content (AvgIpc) is 2.56. The third-order valence-corrected chi connectivity index (χ3v) is 2.55. The minimum Gasteiger partial charge on any atom is -0.411 e. The fraction of sp³-hybridized carbons (Fsp3) is 0. The molecule has 2 rings (SSSR count). The van der Waals surface area contributed by atoms with Gasteiger partial charge in [-0.1, -0.05) is 35.0 Å². The molecule has 0 fully saturated rings. The first kappa shape index (κ1) is 11.0. The lowest BCUT2D eigenvalue weighted by Crippen LogP contribution is -1.99. The minimum absolute atomic E-state index is 0.187. The fourth-order valence-electron chi connectivity index (χ4n) is 1.37. The Balaban J connectivity index is 2.64. The van der Waals surface area contributed by atoms with Crippen LogP contribution in [0.4, 0.5) is 0 Å². The van der Waals surface area contributed by atoms with Crippen LogP contribution in [0.3, 0.4) is 0 Å². The maximum atomic E-state index is 8.55. The van der Waals surface area contributed by atoms with Crippen molar-refractivity contribution in [3.8, 4) is 5.69 Å². The molecule has 0 aliphatic carbocycles. The van der Waals surface area contributed by atoms with Gasteiger partial charge >= 0.3 is 0 Å². The van der Waals surface area contributed by atoms with Gasteiger partial charge < -0.3 is 5.21 Å². The van der Waals surface area contributed by atoms with Crippen molar-refractivity contribution in [3.05, 3.63) is 46.5 Å². The third kappa shape index (κ3) is 1.89. The predicted molar refractivity (Wildman–Crippen MR) is 63.0 cm³/mol. The van der Waals surface area contributed by atoms with E-state index in [1.807, 2.05) is 30.3 Å². The number of para-hydroxylation sites is 1. The number of hydrogen-bond acceptors (Lipinski definition) is 3. The van der Waals surface area contributed by atoms with E-state index >= 15 is 0 Å². The molecule has 82 valence electrons. The second-order valence-electron chi connectivity index (χ2n) is 2.97. The van der Waals surface area contributed by atoms with Crippen molar-refractivity contribution < 1.29 is 5.21 Å². The van der Waals surface area contributed by atoms with E-state index in [4.69, 9.17) is 28.4 Å². The van der Waals surface area contributed by atoms with Gasteiger partial charge in [-0.2, -0.15) is 0 Å². The molecule has 1 aromatic heterocycles. The van der Waals surface area contributed by atoms with Crippen LogP contribution in [0.1, 0.15) is 5.69 Å². The molecule has 2 aromatic rings. The predicted octanol–water partition coefficient (Wildman–Crippen LogP) is 2.99. The summed E-state index contributed by atoms with van der Waals surface area (Å²) in [6.07, 6.45) is 1.19. The summed E-state index contributed by atoms with van der Waals surface area (Å²) in [5, 5.41) is 11.9. The van der Waals surface area contributed by atoms with Gasteiger partial charge in [-0.25, -0.2) is 4.98 Å². The lowest BCUT2D eigenvalue weighted by atomic mass is 10.3. The summed E-state index contributed by atoms with van der Waals surface area (Å²) >= 11 is 11.8. The monoisotopic (exact) mass is 255 g/mol. The van der Waals surface area contributed by atoms with Crippen LogP contribution in [0.5, 0.6) is 0 Å². The van der Waals surface area contributed by atoms with E-state index < -0.39 is 0 Å². The standard InChI is InChI=1S/C10H7Cl2N3O/c11-9-8(6-13-16)15(10(12)14-9)7-4-2-1-3-5-7/h1-6,16H/b13-6+. The molecule has 4 nitrogen and oxygen atoms in total.